The second-order valence-corrected chi connectivity index (χ2v) is 6.70. The Morgan fingerprint density at radius 3 is 2.50 bits per heavy atom. The highest BCUT2D eigenvalue weighted by Crippen LogP contribution is 2.33. The number of para-hydroxylation sites is 1. The maximum Gasteiger partial charge on any atom is 0.339 e. The molecule has 3 aromatic rings. The standard InChI is InChI=1S/C21H16INO5/c1-26-13-17(21(24)25)16-8-2-3-10-19(16)27-14-6-4-7-15(12-14)28-20-18(22)9-5-11-23-20/h2-13H,1H3,(H,24,25). The van der Waals surface area contributed by atoms with Gasteiger partial charge in [-0.3, -0.25) is 0 Å². The lowest BCUT2D eigenvalue weighted by Gasteiger charge is -2.13. The largest absolute Gasteiger partial charge is 0.503 e. The zero-order valence-corrected chi connectivity index (χ0v) is 17.0. The number of carbonyl (C=O) groups is 1. The van der Waals surface area contributed by atoms with Gasteiger partial charge in [-0.25, -0.2) is 9.78 Å². The summed E-state index contributed by atoms with van der Waals surface area (Å²) in [5.74, 6) is 0.824. The second-order valence-electron chi connectivity index (χ2n) is 5.54. The van der Waals surface area contributed by atoms with Crippen molar-refractivity contribution < 1.29 is 24.1 Å². The van der Waals surface area contributed by atoms with E-state index in [1.54, 1.807) is 54.7 Å². The first-order chi connectivity index (χ1) is 13.6. The molecule has 0 bridgehead atoms. The number of ether oxygens (including phenoxy) is 3. The number of hydrogen-bond donors (Lipinski definition) is 1. The minimum atomic E-state index is -1.11. The number of methoxy groups -OCH3 is 1. The van der Waals surface area contributed by atoms with E-state index in [-0.39, 0.29) is 5.57 Å². The smallest absolute Gasteiger partial charge is 0.339 e. The van der Waals surface area contributed by atoms with Crippen LogP contribution in [0.15, 0.2) is 73.1 Å². The maximum atomic E-state index is 11.6. The third-order valence-electron chi connectivity index (χ3n) is 3.62. The van der Waals surface area contributed by atoms with E-state index in [0.29, 0.717) is 28.7 Å². The van der Waals surface area contributed by atoms with Crippen LogP contribution in [0.2, 0.25) is 0 Å². The molecular formula is C21H16INO5. The van der Waals surface area contributed by atoms with Gasteiger partial charge < -0.3 is 19.3 Å². The van der Waals surface area contributed by atoms with Crippen molar-refractivity contribution in [3.05, 3.63) is 82.3 Å². The van der Waals surface area contributed by atoms with Gasteiger partial charge in [-0.2, -0.15) is 0 Å². The molecule has 0 fully saturated rings. The van der Waals surface area contributed by atoms with Gasteiger partial charge in [0.1, 0.15) is 22.8 Å². The lowest BCUT2D eigenvalue weighted by atomic mass is 10.1. The van der Waals surface area contributed by atoms with Gasteiger partial charge in [0.2, 0.25) is 5.88 Å². The number of halogens is 1. The molecule has 1 N–H and O–H groups in total. The molecular weight excluding hydrogens is 473 g/mol. The Balaban J connectivity index is 1.88. The van der Waals surface area contributed by atoms with Crippen LogP contribution in [0.25, 0.3) is 5.57 Å². The quantitative estimate of drug-likeness (QED) is 0.274. The van der Waals surface area contributed by atoms with Gasteiger partial charge in [-0.1, -0.05) is 24.3 Å². The van der Waals surface area contributed by atoms with Gasteiger partial charge in [-0.15, -0.1) is 0 Å². The third-order valence-corrected chi connectivity index (χ3v) is 4.44. The Bertz CT molecular complexity index is 1020. The molecule has 6 nitrogen and oxygen atoms in total. The van der Waals surface area contributed by atoms with Crippen LogP contribution in [0, 0.1) is 3.57 Å². The topological polar surface area (TPSA) is 77.9 Å². The van der Waals surface area contributed by atoms with Crippen molar-refractivity contribution in [2.45, 2.75) is 0 Å². The summed E-state index contributed by atoms with van der Waals surface area (Å²) in [6.45, 7) is 0. The molecule has 0 saturated carbocycles. The summed E-state index contributed by atoms with van der Waals surface area (Å²) in [5.41, 5.74) is 0.399. The lowest BCUT2D eigenvalue weighted by Crippen LogP contribution is -2.02. The predicted octanol–water partition coefficient (Wildman–Crippen LogP) is 5.34. The molecule has 0 amide bonds. The van der Waals surface area contributed by atoms with E-state index in [1.165, 1.54) is 13.4 Å². The van der Waals surface area contributed by atoms with Gasteiger partial charge in [0.05, 0.1) is 16.9 Å². The molecule has 0 aliphatic heterocycles. The SMILES string of the molecule is COC=C(C(=O)O)c1ccccc1Oc1cccc(Oc2ncccc2I)c1. The van der Waals surface area contributed by atoms with E-state index in [2.05, 4.69) is 27.6 Å². The van der Waals surface area contributed by atoms with Gasteiger partial charge in [-0.05, 0) is 52.9 Å². The molecule has 1 aromatic heterocycles. The number of aromatic nitrogens is 1. The van der Waals surface area contributed by atoms with Crippen molar-refractivity contribution >= 4 is 34.1 Å². The Kier molecular flexibility index (Phi) is 6.49. The van der Waals surface area contributed by atoms with E-state index >= 15 is 0 Å². The zero-order chi connectivity index (χ0) is 19.9. The summed E-state index contributed by atoms with van der Waals surface area (Å²) < 4.78 is 17.5. The van der Waals surface area contributed by atoms with E-state index < -0.39 is 5.97 Å². The molecule has 0 unspecified atom stereocenters. The molecule has 0 spiro atoms. The number of pyridine rings is 1. The summed E-state index contributed by atoms with van der Waals surface area (Å²) in [6.07, 6.45) is 2.83. The number of rotatable bonds is 7. The minimum Gasteiger partial charge on any atom is -0.503 e. The fourth-order valence-electron chi connectivity index (χ4n) is 2.41. The Hall–Kier alpha value is -3.07. The van der Waals surface area contributed by atoms with Crippen LogP contribution >= 0.6 is 22.6 Å². The van der Waals surface area contributed by atoms with Crippen LogP contribution in [-0.4, -0.2) is 23.2 Å². The minimum absolute atomic E-state index is 0.00598. The zero-order valence-electron chi connectivity index (χ0n) is 14.8. The average molecular weight is 489 g/mol. The Morgan fingerprint density at radius 1 is 1.04 bits per heavy atom. The number of nitrogens with zero attached hydrogens (tertiary/aromatic N) is 1. The lowest BCUT2D eigenvalue weighted by molar-refractivity contribution is -0.130. The van der Waals surface area contributed by atoms with Crippen LogP contribution in [0.1, 0.15) is 5.56 Å². The molecule has 7 heteroatoms. The second kappa shape index (κ2) is 9.23. The van der Waals surface area contributed by atoms with Gasteiger partial charge in [0.15, 0.2) is 0 Å². The van der Waals surface area contributed by atoms with E-state index in [4.69, 9.17) is 14.2 Å². The first kappa shape index (κ1) is 19.7. The van der Waals surface area contributed by atoms with E-state index in [0.717, 1.165) is 3.57 Å². The molecule has 0 aliphatic rings. The van der Waals surface area contributed by atoms with Crippen molar-refractivity contribution in [3.8, 4) is 23.1 Å². The highest BCUT2D eigenvalue weighted by Gasteiger charge is 2.16. The van der Waals surface area contributed by atoms with Crippen LogP contribution < -0.4 is 9.47 Å². The van der Waals surface area contributed by atoms with Crippen LogP contribution in [0.5, 0.6) is 23.1 Å². The Labute approximate surface area is 175 Å². The number of carboxylic acids is 1. The van der Waals surface area contributed by atoms with Crippen molar-refractivity contribution in [2.75, 3.05) is 7.11 Å². The van der Waals surface area contributed by atoms with Crippen LogP contribution in [0.4, 0.5) is 0 Å². The summed E-state index contributed by atoms with van der Waals surface area (Å²) in [6, 6.07) is 17.6. The fourth-order valence-corrected chi connectivity index (χ4v) is 2.87. The third kappa shape index (κ3) is 4.80. The molecule has 28 heavy (non-hydrogen) atoms. The Morgan fingerprint density at radius 2 is 1.79 bits per heavy atom. The van der Waals surface area contributed by atoms with E-state index in [9.17, 15) is 9.90 Å². The van der Waals surface area contributed by atoms with Crippen molar-refractivity contribution in [1.29, 1.82) is 0 Å². The molecule has 1 heterocycles. The van der Waals surface area contributed by atoms with Crippen molar-refractivity contribution in [2.24, 2.45) is 0 Å². The molecule has 0 aliphatic carbocycles. The van der Waals surface area contributed by atoms with Crippen molar-refractivity contribution in [3.63, 3.8) is 0 Å². The summed E-state index contributed by atoms with van der Waals surface area (Å²) in [4.78, 5) is 15.8. The summed E-state index contributed by atoms with van der Waals surface area (Å²) in [7, 11) is 1.40. The van der Waals surface area contributed by atoms with Crippen LogP contribution in [-0.2, 0) is 9.53 Å². The maximum absolute atomic E-state index is 11.6. The molecule has 142 valence electrons. The monoisotopic (exact) mass is 489 g/mol. The molecule has 0 saturated heterocycles. The normalized spacial score (nSPS) is 11.0. The first-order valence-electron chi connectivity index (χ1n) is 8.20. The molecule has 0 atom stereocenters. The number of aliphatic carboxylic acids is 1. The van der Waals surface area contributed by atoms with Crippen LogP contribution in [0.3, 0.4) is 0 Å². The molecule has 0 radical (unpaired) electrons. The van der Waals surface area contributed by atoms with Crippen molar-refractivity contribution in [1.82, 2.24) is 4.98 Å². The molecule has 3 rings (SSSR count). The molecule has 2 aromatic carbocycles. The summed E-state index contributed by atoms with van der Waals surface area (Å²) >= 11 is 2.15. The highest BCUT2D eigenvalue weighted by atomic mass is 127. The van der Waals surface area contributed by atoms with Gasteiger partial charge >= 0.3 is 5.97 Å². The van der Waals surface area contributed by atoms with Gasteiger partial charge in [0.25, 0.3) is 0 Å². The first-order valence-corrected chi connectivity index (χ1v) is 9.28. The number of benzene rings is 2. The average Bonchev–Trinajstić information content (AvgIpc) is 2.69. The highest BCUT2D eigenvalue weighted by molar-refractivity contribution is 14.1. The fraction of sp³-hybridized carbons (Fsp3) is 0.0476. The van der Waals surface area contributed by atoms with E-state index in [1.807, 2.05) is 12.1 Å². The number of carboxylic acid groups (broad SMARTS) is 1. The van der Waals surface area contributed by atoms with Gasteiger partial charge in [0, 0.05) is 17.8 Å². The number of hydrogen-bond acceptors (Lipinski definition) is 5. The summed E-state index contributed by atoms with van der Waals surface area (Å²) in [5, 5.41) is 9.45. The predicted molar refractivity (Wildman–Crippen MR) is 113 cm³/mol.